The molecule has 0 radical (unpaired) electrons. The minimum absolute atomic E-state index is 0.209. The van der Waals surface area contributed by atoms with Crippen LogP contribution >= 0.6 is 11.8 Å². The van der Waals surface area contributed by atoms with Crippen LogP contribution in [0.5, 0.6) is 0 Å². The average Bonchev–Trinajstić information content (AvgIpc) is 3.22. The van der Waals surface area contributed by atoms with E-state index in [9.17, 15) is 13.2 Å². The molecule has 0 aliphatic heterocycles. The van der Waals surface area contributed by atoms with Crippen LogP contribution in [0.2, 0.25) is 0 Å². The first-order valence-corrected chi connectivity index (χ1v) is 8.99. The monoisotopic (exact) mass is 367 g/mol. The van der Waals surface area contributed by atoms with E-state index in [-0.39, 0.29) is 5.52 Å². The molecule has 3 aromatic heterocycles. The SMILES string of the molecule is CCSc1c(-n2cc3ncc(C(F)(F)F)cc3n2)nc(C2CC2)n1C. The summed E-state index contributed by atoms with van der Waals surface area (Å²) in [7, 11) is 1.98. The summed E-state index contributed by atoms with van der Waals surface area (Å²) in [6, 6.07) is 1.02. The highest BCUT2D eigenvalue weighted by Gasteiger charge is 2.32. The molecular weight excluding hydrogens is 351 g/mol. The lowest BCUT2D eigenvalue weighted by atomic mass is 10.2. The quantitative estimate of drug-likeness (QED) is 0.650. The third kappa shape index (κ3) is 2.90. The molecule has 0 aromatic carbocycles. The molecular formula is C16H16F3N5S. The van der Waals surface area contributed by atoms with Gasteiger partial charge in [-0.1, -0.05) is 6.92 Å². The second-order valence-corrected chi connectivity index (χ2v) is 7.32. The fourth-order valence-electron chi connectivity index (χ4n) is 2.81. The third-order valence-corrected chi connectivity index (χ3v) is 5.20. The fraction of sp³-hybridized carbons (Fsp3) is 0.438. The van der Waals surface area contributed by atoms with E-state index in [1.165, 1.54) is 0 Å². The molecule has 3 aromatic rings. The highest BCUT2D eigenvalue weighted by atomic mass is 32.2. The smallest absolute Gasteiger partial charge is 0.324 e. The number of halogens is 3. The molecule has 0 saturated heterocycles. The van der Waals surface area contributed by atoms with Crippen LogP contribution in [0.1, 0.15) is 37.1 Å². The third-order valence-electron chi connectivity index (χ3n) is 4.19. The highest BCUT2D eigenvalue weighted by Crippen LogP contribution is 2.42. The van der Waals surface area contributed by atoms with Crippen molar-refractivity contribution in [3.05, 3.63) is 29.8 Å². The van der Waals surface area contributed by atoms with Gasteiger partial charge in [0.1, 0.15) is 21.9 Å². The van der Waals surface area contributed by atoms with Crippen LogP contribution in [-0.2, 0) is 13.2 Å². The van der Waals surface area contributed by atoms with E-state index in [0.717, 1.165) is 41.7 Å². The lowest BCUT2D eigenvalue weighted by Gasteiger charge is -2.04. The van der Waals surface area contributed by atoms with Gasteiger partial charge in [0.25, 0.3) is 0 Å². The van der Waals surface area contributed by atoms with Crippen LogP contribution in [0.25, 0.3) is 16.9 Å². The zero-order valence-corrected chi connectivity index (χ0v) is 14.5. The number of fused-ring (bicyclic) bond motifs is 1. The van der Waals surface area contributed by atoms with Crippen LogP contribution in [0.3, 0.4) is 0 Å². The molecule has 0 N–H and O–H groups in total. The van der Waals surface area contributed by atoms with Crippen LogP contribution in [0, 0.1) is 0 Å². The Morgan fingerprint density at radius 3 is 2.68 bits per heavy atom. The number of thioether (sulfide) groups is 1. The van der Waals surface area contributed by atoms with Crippen molar-refractivity contribution in [1.29, 1.82) is 0 Å². The zero-order chi connectivity index (χ0) is 17.8. The Kier molecular flexibility index (Phi) is 3.78. The summed E-state index contributed by atoms with van der Waals surface area (Å²) in [6.07, 6.45) is 0.285. The molecule has 1 saturated carbocycles. The molecule has 5 nitrogen and oxygen atoms in total. The van der Waals surface area contributed by atoms with Gasteiger partial charge < -0.3 is 4.57 Å². The van der Waals surface area contributed by atoms with Crippen molar-refractivity contribution in [3.8, 4) is 5.82 Å². The van der Waals surface area contributed by atoms with E-state index in [2.05, 4.69) is 21.6 Å². The maximum absolute atomic E-state index is 12.9. The number of imidazole rings is 1. The first kappa shape index (κ1) is 16.4. The minimum atomic E-state index is -4.43. The Morgan fingerprint density at radius 1 is 1.28 bits per heavy atom. The van der Waals surface area contributed by atoms with Crippen LogP contribution in [0.4, 0.5) is 13.2 Å². The van der Waals surface area contributed by atoms with Gasteiger partial charge in [0.15, 0.2) is 5.82 Å². The lowest BCUT2D eigenvalue weighted by molar-refractivity contribution is -0.137. The van der Waals surface area contributed by atoms with Gasteiger partial charge in [-0.25, -0.2) is 9.67 Å². The predicted octanol–water partition coefficient (Wildman–Crippen LogP) is 4.16. The fourth-order valence-corrected chi connectivity index (χ4v) is 3.64. The molecule has 1 aliphatic rings. The molecule has 132 valence electrons. The van der Waals surface area contributed by atoms with Gasteiger partial charge in [-0.15, -0.1) is 11.8 Å². The van der Waals surface area contributed by atoms with Gasteiger partial charge in [-0.2, -0.15) is 18.3 Å². The number of alkyl halides is 3. The second kappa shape index (κ2) is 5.76. The summed E-state index contributed by atoms with van der Waals surface area (Å²) in [6.45, 7) is 2.05. The highest BCUT2D eigenvalue weighted by molar-refractivity contribution is 7.99. The molecule has 0 unspecified atom stereocenters. The topological polar surface area (TPSA) is 48.5 Å². The lowest BCUT2D eigenvalue weighted by Crippen LogP contribution is -2.05. The van der Waals surface area contributed by atoms with Gasteiger partial charge in [-0.05, 0) is 24.7 Å². The van der Waals surface area contributed by atoms with Crippen LogP contribution in [0.15, 0.2) is 23.5 Å². The maximum Gasteiger partial charge on any atom is 0.417 e. The van der Waals surface area contributed by atoms with E-state index in [4.69, 9.17) is 4.98 Å². The first-order valence-electron chi connectivity index (χ1n) is 8.01. The van der Waals surface area contributed by atoms with Crippen molar-refractivity contribution in [3.63, 3.8) is 0 Å². The normalized spacial score (nSPS) is 15.2. The van der Waals surface area contributed by atoms with E-state index in [1.54, 1.807) is 22.6 Å². The van der Waals surface area contributed by atoms with Crippen molar-refractivity contribution < 1.29 is 13.2 Å². The largest absolute Gasteiger partial charge is 0.417 e. The summed E-state index contributed by atoms with van der Waals surface area (Å²) in [5, 5.41) is 5.27. The summed E-state index contributed by atoms with van der Waals surface area (Å²) in [5.41, 5.74) is -0.173. The van der Waals surface area contributed by atoms with Crippen molar-refractivity contribution in [2.45, 2.75) is 36.9 Å². The Labute approximate surface area is 146 Å². The molecule has 3 heterocycles. The summed E-state index contributed by atoms with van der Waals surface area (Å²) in [5.74, 6) is 3.00. The van der Waals surface area contributed by atoms with E-state index >= 15 is 0 Å². The molecule has 4 rings (SSSR count). The average molecular weight is 367 g/mol. The number of nitrogens with zero attached hydrogens (tertiary/aromatic N) is 5. The number of aromatic nitrogens is 5. The summed E-state index contributed by atoms with van der Waals surface area (Å²) in [4.78, 5) is 8.62. The molecule has 1 fully saturated rings. The molecule has 25 heavy (non-hydrogen) atoms. The molecule has 9 heteroatoms. The molecule has 0 bridgehead atoms. The van der Waals surface area contributed by atoms with E-state index < -0.39 is 11.7 Å². The van der Waals surface area contributed by atoms with Gasteiger partial charge in [0.05, 0.1) is 11.8 Å². The van der Waals surface area contributed by atoms with Gasteiger partial charge in [-0.3, -0.25) is 4.98 Å². The van der Waals surface area contributed by atoms with Gasteiger partial charge >= 0.3 is 6.18 Å². The number of hydrogen-bond donors (Lipinski definition) is 0. The Bertz CT molecular complexity index is 939. The van der Waals surface area contributed by atoms with Gasteiger partial charge in [0.2, 0.25) is 0 Å². The standard InChI is InChI=1S/C16H16F3N5S/c1-3-25-15-14(21-13(23(15)2)9-4-5-9)24-8-12-11(22-24)6-10(7-20-12)16(17,18)19/h6-9H,3-5H2,1-2H3. The summed E-state index contributed by atoms with van der Waals surface area (Å²) >= 11 is 1.65. The molecule has 0 amide bonds. The second-order valence-electron chi connectivity index (χ2n) is 6.06. The predicted molar refractivity (Wildman–Crippen MR) is 89.0 cm³/mol. The number of pyridine rings is 1. The molecule has 0 spiro atoms. The Balaban J connectivity index is 1.82. The van der Waals surface area contributed by atoms with Crippen molar-refractivity contribution in [1.82, 2.24) is 24.3 Å². The maximum atomic E-state index is 12.9. The van der Waals surface area contributed by atoms with Crippen LogP contribution in [-0.4, -0.2) is 30.1 Å². The number of rotatable bonds is 4. The van der Waals surface area contributed by atoms with E-state index in [0.29, 0.717) is 17.3 Å². The molecule has 1 aliphatic carbocycles. The summed E-state index contributed by atoms with van der Waals surface area (Å²) < 4.78 is 42.2. The first-order chi connectivity index (χ1) is 11.9. The Hall–Kier alpha value is -2.03. The van der Waals surface area contributed by atoms with Crippen molar-refractivity contribution in [2.75, 3.05) is 5.75 Å². The zero-order valence-electron chi connectivity index (χ0n) is 13.7. The van der Waals surface area contributed by atoms with Gasteiger partial charge in [0, 0.05) is 19.2 Å². The molecule has 0 atom stereocenters. The van der Waals surface area contributed by atoms with Crippen molar-refractivity contribution >= 4 is 22.8 Å². The van der Waals surface area contributed by atoms with E-state index in [1.807, 2.05) is 7.05 Å². The van der Waals surface area contributed by atoms with Crippen LogP contribution < -0.4 is 0 Å². The van der Waals surface area contributed by atoms with Crippen molar-refractivity contribution in [2.24, 2.45) is 7.05 Å². The Morgan fingerprint density at radius 2 is 2.04 bits per heavy atom. The number of hydrogen-bond acceptors (Lipinski definition) is 4. The minimum Gasteiger partial charge on any atom is -0.324 e.